The molecule has 8 nitrogen and oxygen atoms in total. The predicted octanol–water partition coefficient (Wildman–Crippen LogP) is 5.73. The molecule has 186 valence electrons. The maximum atomic E-state index is 5.94. The van der Waals surface area contributed by atoms with Gasteiger partial charge in [0.25, 0.3) is 0 Å². The quantitative estimate of drug-likeness (QED) is 0.448. The van der Waals surface area contributed by atoms with Gasteiger partial charge in [0.1, 0.15) is 6.73 Å². The number of hydrogen-bond donors (Lipinski definition) is 2. The summed E-state index contributed by atoms with van der Waals surface area (Å²) in [7, 11) is 0. The van der Waals surface area contributed by atoms with Crippen LogP contribution in [0.15, 0.2) is 41.6 Å². The van der Waals surface area contributed by atoms with Gasteiger partial charge >= 0.3 is 0 Å². The molecule has 0 atom stereocenters. The Morgan fingerprint density at radius 3 is 2.60 bits per heavy atom. The largest absolute Gasteiger partial charge is 0.372 e. The fourth-order valence-corrected chi connectivity index (χ4v) is 4.65. The van der Waals surface area contributed by atoms with Crippen molar-refractivity contribution in [2.75, 3.05) is 59.2 Å². The molecule has 0 saturated heterocycles. The number of benzene rings is 2. The minimum atomic E-state index is 0.518. The first-order valence-electron chi connectivity index (χ1n) is 12.2. The minimum Gasteiger partial charge on any atom is -0.372 e. The number of nitrogens with one attached hydrogen (secondary N) is 2. The SMILES string of the molecule is CCN(CC)c1ccc(C)c(Nc2nc3nc(n2)SCCOCN(CC)c2ccc(C)c(c2)N3)c1. The summed E-state index contributed by atoms with van der Waals surface area (Å²) in [6, 6.07) is 12.8. The molecule has 0 radical (unpaired) electrons. The number of anilines is 6. The fourth-order valence-electron chi connectivity index (χ4n) is 3.96. The molecule has 35 heavy (non-hydrogen) atoms. The van der Waals surface area contributed by atoms with E-state index in [-0.39, 0.29) is 0 Å². The van der Waals surface area contributed by atoms with Crippen LogP contribution in [0.3, 0.4) is 0 Å². The smallest absolute Gasteiger partial charge is 0.233 e. The van der Waals surface area contributed by atoms with Crippen LogP contribution in [0.2, 0.25) is 0 Å². The maximum Gasteiger partial charge on any atom is 0.233 e. The second-order valence-corrected chi connectivity index (χ2v) is 9.49. The van der Waals surface area contributed by atoms with Crippen LogP contribution in [-0.2, 0) is 4.74 Å². The Kier molecular flexibility index (Phi) is 8.30. The van der Waals surface area contributed by atoms with Crippen molar-refractivity contribution in [1.29, 1.82) is 0 Å². The third kappa shape index (κ3) is 6.15. The summed E-state index contributed by atoms with van der Waals surface area (Å²) in [5.74, 6) is 1.80. The van der Waals surface area contributed by atoms with Crippen LogP contribution >= 0.6 is 11.8 Å². The minimum absolute atomic E-state index is 0.518. The molecule has 0 amide bonds. The van der Waals surface area contributed by atoms with Crippen molar-refractivity contribution in [3.63, 3.8) is 0 Å². The van der Waals surface area contributed by atoms with Gasteiger partial charge in [-0.15, -0.1) is 0 Å². The average Bonchev–Trinajstić information content (AvgIpc) is 2.86. The number of thioether (sulfide) groups is 1. The summed E-state index contributed by atoms with van der Waals surface area (Å²) in [6.45, 7) is 14.6. The van der Waals surface area contributed by atoms with Crippen molar-refractivity contribution in [2.45, 2.75) is 39.8 Å². The van der Waals surface area contributed by atoms with Crippen LogP contribution in [0.25, 0.3) is 0 Å². The van der Waals surface area contributed by atoms with Crippen molar-refractivity contribution in [2.24, 2.45) is 0 Å². The third-order valence-corrected chi connectivity index (χ3v) is 6.94. The van der Waals surface area contributed by atoms with Crippen molar-refractivity contribution in [3.05, 3.63) is 47.5 Å². The highest BCUT2D eigenvalue weighted by atomic mass is 32.2. The van der Waals surface area contributed by atoms with Gasteiger partial charge in [0.15, 0.2) is 5.16 Å². The van der Waals surface area contributed by atoms with Crippen LogP contribution in [0.4, 0.5) is 34.6 Å². The van der Waals surface area contributed by atoms with E-state index in [0.29, 0.717) is 30.4 Å². The Labute approximate surface area is 212 Å². The van der Waals surface area contributed by atoms with Gasteiger partial charge in [-0.1, -0.05) is 23.9 Å². The summed E-state index contributed by atoms with van der Waals surface area (Å²) in [4.78, 5) is 18.6. The first kappa shape index (κ1) is 25.1. The molecule has 2 aromatic carbocycles. The molecule has 0 spiro atoms. The zero-order valence-corrected chi connectivity index (χ0v) is 22.1. The van der Waals surface area contributed by atoms with Gasteiger partial charge in [-0.2, -0.15) is 15.0 Å². The second-order valence-electron chi connectivity index (χ2n) is 8.43. The van der Waals surface area contributed by atoms with E-state index in [1.54, 1.807) is 11.8 Å². The van der Waals surface area contributed by atoms with Gasteiger partial charge in [-0.3, -0.25) is 0 Å². The lowest BCUT2D eigenvalue weighted by atomic mass is 10.1. The molecule has 0 unspecified atom stereocenters. The normalized spacial score (nSPS) is 13.8. The summed E-state index contributed by atoms with van der Waals surface area (Å²) in [5, 5.41) is 7.54. The molecule has 4 rings (SSSR count). The number of hydrogen-bond acceptors (Lipinski definition) is 9. The molecular weight excluding hydrogens is 458 g/mol. The maximum absolute atomic E-state index is 5.94. The molecule has 1 aliphatic rings. The zero-order chi connectivity index (χ0) is 24.8. The van der Waals surface area contributed by atoms with Crippen LogP contribution < -0.4 is 20.4 Å². The summed E-state index contributed by atoms with van der Waals surface area (Å²) < 4.78 is 5.94. The molecule has 2 N–H and O–H groups in total. The van der Waals surface area contributed by atoms with E-state index >= 15 is 0 Å². The molecule has 1 aromatic heterocycles. The van der Waals surface area contributed by atoms with Crippen molar-refractivity contribution < 1.29 is 4.74 Å². The van der Waals surface area contributed by atoms with Crippen LogP contribution in [0.5, 0.6) is 0 Å². The van der Waals surface area contributed by atoms with Crippen LogP contribution in [0.1, 0.15) is 31.9 Å². The fraction of sp³-hybridized carbons (Fsp3) is 0.423. The van der Waals surface area contributed by atoms with E-state index in [0.717, 1.165) is 53.6 Å². The highest BCUT2D eigenvalue weighted by Crippen LogP contribution is 2.29. The molecule has 2 heterocycles. The van der Waals surface area contributed by atoms with Gasteiger partial charge in [0, 0.05) is 48.1 Å². The van der Waals surface area contributed by atoms with Crippen molar-refractivity contribution in [1.82, 2.24) is 15.0 Å². The lowest BCUT2D eigenvalue weighted by molar-refractivity contribution is 0.150. The van der Waals surface area contributed by atoms with Gasteiger partial charge in [0.2, 0.25) is 11.9 Å². The molecule has 0 saturated carbocycles. The van der Waals surface area contributed by atoms with E-state index in [4.69, 9.17) is 14.7 Å². The molecule has 1 aliphatic heterocycles. The van der Waals surface area contributed by atoms with E-state index < -0.39 is 0 Å². The number of ether oxygens (including phenoxy) is 1. The lowest BCUT2D eigenvalue weighted by Gasteiger charge is -2.24. The lowest BCUT2D eigenvalue weighted by Crippen LogP contribution is -2.26. The van der Waals surface area contributed by atoms with E-state index in [2.05, 4.69) is 96.4 Å². The molecule has 0 aliphatic carbocycles. The summed E-state index contributed by atoms with van der Waals surface area (Å²) >= 11 is 1.57. The van der Waals surface area contributed by atoms with Crippen LogP contribution in [0, 0.1) is 13.8 Å². The van der Waals surface area contributed by atoms with Gasteiger partial charge in [-0.05, 0) is 70.0 Å². The molecule has 0 fully saturated rings. The molecular formula is C26H35N7OS. The Morgan fingerprint density at radius 1 is 1.03 bits per heavy atom. The van der Waals surface area contributed by atoms with Crippen LogP contribution in [-0.4, -0.2) is 53.7 Å². The first-order valence-corrected chi connectivity index (χ1v) is 13.2. The Balaban J connectivity index is 1.69. The highest BCUT2D eigenvalue weighted by Gasteiger charge is 2.14. The van der Waals surface area contributed by atoms with Gasteiger partial charge in [0.05, 0.1) is 6.61 Å². The summed E-state index contributed by atoms with van der Waals surface area (Å²) in [5.41, 5.74) is 6.48. The number of aromatic nitrogens is 3. The Bertz CT molecular complexity index is 1150. The molecule has 9 heteroatoms. The third-order valence-electron chi connectivity index (χ3n) is 6.13. The van der Waals surface area contributed by atoms with Crippen molar-refractivity contribution in [3.8, 4) is 0 Å². The van der Waals surface area contributed by atoms with Gasteiger partial charge < -0.3 is 25.2 Å². The predicted molar refractivity (Wildman–Crippen MR) is 147 cm³/mol. The number of nitrogens with zero attached hydrogens (tertiary/aromatic N) is 5. The van der Waals surface area contributed by atoms with E-state index in [9.17, 15) is 0 Å². The topological polar surface area (TPSA) is 78.4 Å². The highest BCUT2D eigenvalue weighted by molar-refractivity contribution is 7.99. The summed E-state index contributed by atoms with van der Waals surface area (Å²) in [6.07, 6.45) is 0. The van der Waals surface area contributed by atoms with E-state index in [1.807, 2.05) is 0 Å². The van der Waals surface area contributed by atoms with Gasteiger partial charge in [-0.25, -0.2) is 0 Å². The average molecular weight is 494 g/mol. The standard InChI is InChI=1S/C26H35N7OS/c1-6-32(7-2)20-11-9-18(4)22(15-20)27-24-29-25-28-23-16-21(12-10-19(23)5)33(8-3)17-34-13-14-35-26(30-24)31-25/h9-12,15-16H,6-8,13-14,17H2,1-5H3,(H2,27,28,29,30,31). The Morgan fingerprint density at radius 2 is 1.83 bits per heavy atom. The number of aryl methyl sites for hydroxylation is 2. The molecule has 3 aromatic rings. The first-order chi connectivity index (χ1) is 17.0. The second kappa shape index (κ2) is 11.6. The number of rotatable bonds is 6. The molecule has 4 bridgehead atoms. The van der Waals surface area contributed by atoms with E-state index in [1.165, 1.54) is 5.69 Å². The van der Waals surface area contributed by atoms with Crippen molar-refractivity contribution >= 4 is 46.4 Å². The Hall–Kier alpha value is -3.04. The number of fused-ring (bicyclic) bond motifs is 4. The zero-order valence-electron chi connectivity index (χ0n) is 21.3. The monoisotopic (exact) mass is 493 g/mol.